The van der Waals surface area contributed by atoms with E-state index in [4.69, 9.17) is 0 Å². The van der Waals surface area contributed by atoms with Crippen molar-refractivity contribution in [2.75, 3.05) is 10.6 Å². The molecule has 0 saturated heterocycles. The molecule has 2 aromatic rings. The second-order valence-corrected chi connectivity index (χ2v) is 7.43. The van der Waals surface area contributed by atoms with Crippen LogP contribution in [0.1, 0.15) is 36.4 Å². The van der Waals surface area contributed by atoms with E-state index in [0.29, 0.717) is 17.9 Å². The first-order valence-corrected chi connectivity index (χ1v) is 9.01. The van der Waals surface area contributed by atoms with Crippen molar-refractivity contribution in [3.05, 3.63) is 70.2 Å². The van der Waals surface area contributed by atoms with Crippen LogP contribution in [0.15, 0.2) is 59.1 Å². The average Bonchev–Trinajstić information content (AvgIpc) is 3.04. The molecule has 1 aliphatic heterocycles. The van der Waals surface area contributed by atoms with E-state index in [-0.39, 0.29) is 5.91 Å². The molecule has 1 heterocycles. The van der Waals surface area contributed by atoms with Gasteiger partial charge in [0.05, 0.1) is 6.04 Å². The lowest BCUT2D eigenvalue weighted by Gasteiger charge is -2.37. The van der Waals surface area contributed by atoms with E-state index in [1.54, 1.807) is 6.92 Å². The molecule has 0 spiro atoms. The molecule has 122 valence electrons. The zero-order chi connectivity index (χ0) is 16.7. The Bertz CT molecular complexity index is 813. The van der Waals surface area contributed by atoms with Gasteiger partial charge in [-0.25, -0.2) is 0 Å². The van der Waals surface area contributed by atoms with Crippen molar-refractivity contribution in [3.63, 3.8) is 0 Å². The number of halogens is 1. The van der Waals surface area contributed by atoms with Gasteiger partial charge in [-0.15, -0.1) is 0 Å². The van der Waals surface area contributed by atoms with Crippen molar-refractivity contribution in [3.8, 4) is 0 Å². The number of anilines is 2. The van der Waals surface area contributed by atoms with E-state index < -0.39 is 0 Å². The monoisotopic (exact) mass is 382 g/mol. The van der Waals surface area contributed by atoms with Gasteiger partial charge in [0.15, 0.2) is 0 Å². The molecule has 0 fully saturated rings. The lowest BCUT2D eigenvalue weighted by molar-refractivity contribution is -0.114. The van der Waals surface area contributed by atoms with Crippen LogP contribution in [0, 0.1) is 5.92 Å². The van der Waals surface area contributed by atoms with Crippen LogP contribution < -0.4 is 10.6 Å². The molecule has 2 aromatic carbocycles. The first kappa shape index (κ1) is 15.5. The summed E-state index contributed by atoms with van der Waals surface area (Å²) in [6.07, 6.45) is 5.67. The van der Waals surface area contributed by atoms with Crippen molar-refractivity contribution in [1.82, 2.24) is 0 Å². The fourth-order valence-electron chi connectivity index (χ4n) is 3.88. The topological polar surface area (TPSA) is 41.1 Å². The minimum atomic E-state index is -0.0371. The van der Waals surface area contributed by atoms with Gasteiger partial charge in [0.2, 0.25) is 5.91 Å². The van der Waals surface area contributed by atoms with Crippen molar-refractivity contribution in [2.24, 2.45) is 5.92 Å². The van der Waals surface area contributed by atoms with Crippen LogP contribution in [0.2, 0.25) is 0 Å². The Morgan fingerprint density at radius 2 is 2.00 bits per heavy atom. The van der Waals surface area contributed by atoms with E-state index in [0.717, 1.165) is 22.3 Å². The minimum Gasteiger partial charge on any atom is -0.378 e. The molecule has 0 saturated carbocycles. The maximum Gasteiger partial charge on any atom is 0.221 e. The predicted octanol–water partition coefficient (Wildman–Crippen LogP) is 5.23. The first-order chi connectivity index (χ1) is 11.6. The molecule has 1 aliphatic carbocycles. The molecule has 1 amide bonds. The highest BCUT2D eigenvalue weighted by Gasteiger charge is 2.37. The summed E-state index contributed by atoms with van der Waals surface area (Å²) >= 11 is 3.51. The number of hydrogen-bond donors (Lipinski definition) is 2. The van der Waals surface area contributed by atoms with Gasteiger partial charge in [0.1, 0.15) is 0 Å². The van der Waals surface area contributed by atoms with Crippen LogP contribution in [-0.4, -0.2) is 5.91 Å². The molecular weight excluding hydrogens is 364 g/mol. The Balaban J connectivity index is 1.72. The molecule has 0 bridgehead atoms. The number of nitrogens with one attached hydrogen (secondary N) is 2. The molecular formula is C20H19BrN2O. The Morgan fingerprint density at radius 1 is 1.21 bits per heavy atom. The van der Waals surface area contributed by atoms with Gasteiger partial charge < -0.3 is 10.6 Å². The van der Waals surface area contributed by atoms with Gasteiger partial charge in [-0.1, -0.05) is 40.2 Å². The standard InChI is InChI=1S/C20H19BrN2O/c1-12(24)22-15-9-10-19-18(11-15)16-3-2-4-17(16)20(23-19)13-5-7-14(21)8-6-13/h2-3,5-11,16-17,20,23H,4H2,1H3,(H,22,24)/t16-,17+,20+/m0/s1. The molecule has 2 aliphatic rings. The van der Waals surface area contributed by atoms with Crippen LogP contribution in [0.25, 0.3) is 0 Å². The third-order valence-electron chi connectivity index (χ3n) is 4.91. The summed E-state index contributed by atoms with van der Waals surface area (Å²) in [6.45, 7) is 1.54. The molecule has 24 heavy (non-hydrogen) atoms. The number of allylic oxidation sites excluding steroid dienone is 2. The summed E-state index contributed by atoms with van der Waals surface area (Å²) < 4.78 is 1.10. The van der Waals surface area contributed by atoms with Crippen LogP contribution in [0.4, 0.5) is 11.4 Å². The SMILES string of the molecule is CC(=O)Nc1ccc2c(c1)[C@H]1C=CC[C@H]1[C@@H](c1ccc(Br)cc1)N2. The van der Waals surface area contributed by atoms with E-state index >= 15 is 0 Å². The Labute approximate surface area is 150 Å². The highest BCUT2D eigenvalue weighted by molar-refractivity contribution is 9.10. The Morgan fingerprint density at radius 3 is 2.75 bits per heavy atom. The van der Waals surface area contributed by atoms with Gasteiger partial charge in [0.25, 0.3) is 0 Å². The molecule has 2 N–H and O–H groups in total. The summed E-state index contributed by atoms with van der Waals surface area (Å²) in [5, 5.41) is 6.60. The van der Waals surface area contributed by atoms with Gasteiger partial charge in [-0.3, -0.25) is 4.79 Å². The van der Waals surface area contributed by atoms with E-state index in [1.807, 2.05) is 6.07 Å². The van der Waals surface area contributed by atoms with Crippen LogP contribution in [0.5, 0.6) is 0 Å². The number of fused-ring (bicyclic) bond motifs is 3. The van der Waals surface area contributed by atoms with Crippen molar-refractivity contribution < 1.29 is 4.79 Å². The van der Waals surface area contributed by atoms with Crippen LogP contribution >= 0.6 is 15.9 Å². The fourth-order valence-corrected chi connectivity index (χ4v) is 4.14. The quantitative estimate of drug-likeness (QED) is 0.697. The second-order valence-electron chi connectivity index (χ2n) is 6.51. The zero-order valence-electron chi connectivity index (χ0n) is 13.4. The number of hydrogen-bond acceptors (Lipinski definition) is 2. The molecule has 4 rings (SSSR count). The van der Waals surface area contributed by atoms with Crippen LogP contribution in [0.3, 0.4) is 0 Å². The summed E-state index contributed by atoms with van der Waals surface area (Å²) in [5.74, 6) is 0.861. The molecule has 0 unspecified atom stereocenters. The third-order valence-corrected chi connectivity index (χ3v) is 5.44. The Kier molecular flexibility index (Phi) is 3.93. The number of carbonyl (C=O) groups is 1. The van der Waals surface area contributed by atoms with Crippen LogP contribution in [-0.2, 0) is 4.79 Å². The third kappa shape index (κ3) is 2.75. The van der Waals surface area contributed by atoms with E-state index in [9.17, 15) is 4.79 Å². The number of benzene rings is 2. The normalized spacial score (nSPS) is 24.0. The highest BCUT2D eigenvalue weighted by atomic mass is 79.9. The summed E-state index contributed by atoms with van der Waals surface area (Å²) in [6, 6.07) is 15.0. The molecule has 3 nitrogen and oxygen atoms in total. The number of carbonyl (C=O) groups excluding carboxylic acids is 1. The van der Waals surface area contributed by atoms with Gasteiger partial charge in [-0.05, 0) is 53.8 Å². The maximum atomic E-state index is 11.3. The predicted molar refractivity (Wildman–Crippen MR) is 101 cm³/mol. The number of rotatable bonds is 2. The minimum absolute atomic E-state index is 0.0371. The van der Waals surface area contributed by atoms with E-state index in [2.05, 4.69) is 75.1 Å². The largest absolute Gasteiger partial charge is 0.378 e. The van der Waals surface area contributed by atoms with Crippen molar-refractivity contribution in [1.29, 1.82) is 0 Å². The fraction of sp³-hybridized carbons (Fsp3) is 0.250. The summed E-state index contributed by atoms with van der Waals surface area (Å²) in [4.78, 5) is 11.3. The first-order valence-electron chi connectivity index (χ1n) is 8.22. The van der Waals surface area contributed by atoms with Crippen molar-refractivity contribution >= 4 is 33.2 Å². The number of amides is 1. The van der Waals surface area contributed by atoms with E-state index in [1.165, 1.54) is 11.1 Å². The average molecular weight is 383 g/mol. The van der Waals surface area contributed by atoms with Gasteiger partial charge >= 0.3 is 0 Å². The van der Waals surface area contributed by atoms with Gasteiger partial charge in [0, 0.05) is 28.7 Å². The lowest BCUT2D eigenvalue weighted by Crippen LogP contribution is -2.29. The molecule has 3 atom stereocenters. The zero-order valence-corrected chi connectivity index (χ0v) is 15.0. The molecule has 0 radical (unpaired) electrons. The second kappa shape index (κ2) is 6.10. The highest BCUT2D eigenvalue weighted by Crippen LogP contribution is 2.50. The summed E-state index contributed by atoms with van der Waals surface area (Å²) in [7, 11) is 0. The van der Waals surface area contributed by atoms with Crippen molar-refractivity contribution in [2.45, 2.75) is 25.3 Å². The smallest absolute Gasteiger partial charge is 0.221 e. The Hall–Kier alpha value is -2.07. The molecule has 0 aromatic heterocycles. The maximum absolute atomic E-state index is 11.3. The molecule has 4 heteroatoms. The lowest BCUT2D eigenvalue weighted by atomic mass is 9.77. The van der Waals surface area contributed by atoms with Gasteiger partial charge in [-0.2, -0.15) is 0 Å². The summed E-state index contributed by atoms with van der Waals surface area (Å²) in [5.41, 5.74) is 4.61.